The molecule has 0 radical (unpaired) electrons. The van der Waals surface area contributed by atoms with Gasteiger partial charge in [0.25, 0.3) is 0 Å². The first kappa shape index (κ1) is 29.0. The Bertz CT molecular complexity index is 1630. The number of ether oxygens (including phenoxy) is 3. The van der Waals surface area contributed by atoms with E-state index in [1.807, 2.05) is 4.68 Å². The molecule has 0 N–H and O–H groups in total. The summed E-state index contributed by atoms with van der Waals surface area (Å²) in [6.07, 6.45) is 10.1. The lowest BCUT2D eigenvalue weighted by Crippen LogP contribution is -2.51. The van der Waals surface area contributed by atoms with Crippen LogP contribution in [0.3, 0.4) is 0 Å². The highest BCUT2D eigenvalue weighted by molar-refractivity contribution is 5.57. The van der Waals surface area contributed by atoms with Crippen LogP contribution in [-0.2, 0) is 29.0 Å². The summed E-state index contributed by atoms with van der Waals surface area (Å²) in [5, 5.41) is 8.95. The molecule has 4 aliphatic rings. The predicted octanol–water partition coefficient (Wildman–Crippen LogP) is 8.14. The Kier molecular flexibility index (Phi) is 7.53. The SMILES string of the molecule is Cc1ccc(-c2cn(CCCC3CC4(OCCO4)C4(C)CCC5c6ccc(OCc7ccccc7)cc6CCC5C34)nn2)cc1. The van der Waals surface area contributed by atoms with E-state index in [1.165, 1.54) is 29.5 Å². The minimum absolute atomic E-state index is 0.0530. The average Bonchev–Trinajstić information content (AvgIpc) is 3.80. The van der Waals surface area contributed by atoms with Gasteiger partial charge in [0.15, 0.2) is 5.79 Å². The highest BCUT2D eigenvalue weighted by atomic mass is 16.7. The van der Waals surface area contributed by atoms with Crippen molar-refractivity contribution in [1.29, 1.82) is 0 Å². The predicted molar refractivity (Wildman–Crippen MR) is 175 cm³/mol. The molecule has 3 aliphatic carbocycles. The van der Waals surface area contributed by atoms with Gasteiger partial charge in [-0.05, 0) is 97.9 Å². The van der Waals surface area contributed by atoms with E-state index >= 15 is 0 Å². The third kappa shape index (κ3) is 5.20. The number of fused-ring (bicyclic) bond motifs is 6. The van der Waals surface area contributed by atoms with E-state index in [9.17, 15) is 0 Å². The van der Waals surface area contributed by atoms with Crippen LogP contribution in [0.4, 0.5) is 0 Å². The molecule has 3 aromatic carbocycles. The maximum atomic E-state index is 6.59. The molecule has 5 atom stereocenters. The maximum absolute atomic E-state index is 6.59. The fraction of sp³-hybridized carbons (Fsp3) is 0.487. The summed E-state index contributed by atoms with van der Waals surface area (Å²) in [7, 11) is 0. The molecule has 1 saturated heterocycles. The van der Waals surface area contributed by atoms with Crippen LogP contribution in [0.25, 0.3) is 11.3 Å². The third-order valence-electron chi connectivity index (χ3n) is 11.7. The van der Waals surface area contributed by atoms with Crippen LogP contribution in [0.2, 0.25) is 0 Å². The molecule has 0 amide bonds. The normalized spacial score (nSPS) is 28.0. The standard InChI is InChI=1S/C39H45N3O3/c1-27-10-12-29(13-11-27)36-25-42(41-40-36)20-6-9-31-24-39(44-21-22-45-39)38(2)19-18-34-33-17-15-32(43-26-28-7-4-3-5-8-28)23-30(33)14-16-35(34)37(31)38/h3-5,7-8,10-13,15,17,23,25,31,34-35,37H,6,9,14,16,18-22,24,26H2,1-2H3. The second-order valence-corrected chi connectivity index (χ2v) is 14.2. The highest BCUT2D eigenvalue weighted by Crippen LogP contribution is 2.68. The summed E-state index contributed by atoms with van der Waals surface area (Å²) < 4.78 is 21.4. The molecule has 1 spiro atoms. The van der Waals surface area contributed by atoms with E-state index in [1.54, 1.807) is 5.56 Å². The van der Waals surface area contributed by atoms with Crippen LogP contribution in [0, 0.1) is 30.1 Å². The molecular formula is C39H45N3O3. The molecule has 4 aromatic rings. The Morgan fingerprint density at radius 2 is 1.80 bits per heavy atom. The van der Waals surface area contributed by atoms with Gasteiger partial charge in [-0.25, -0.2) is 0 Å². The molecule has 3 fully saturated rings. The molecule has 1 aliphatic heterocycles. The van der Waals surface area contributed by atoms with Crippen molar-refractivity contribution in [3.8, 4) is 17.0 Å². The average molecular weight is 604 g/mol. The van der Waals surface area contributed by atoms with Crippen molar-refractivity contribution in [2.24, 2.45) is 23.2 Å². The Hall–Kier alpha value is -3.48. The first-order chi connectivity index (χ1) is 22.0. The Balaban J connectivity index is 0.987. The number of aryl methyl sites for hydroxylation is 3. The molecule has 2 heterocycles. The smallest absolute Gasteiger partial charge is 0.174 e. The van der Waals surface area contributed by atoms with E-state index in [4.69, 9.17) is 14.2 Å². The van der Waals surface area contributed by atoms with Crippen molar-refractivity contribution in [1.82, 2.24) is 15.0 Å². The number of hydrogen-bond acceptors (Lipinski definition) is 5. The van der Waals surface area contributed by atoms with Gasteiger partial charge in [0, 0.05) is 23.9 Å². The highest BCUT2D eigenvalue weighted by Gasteiger charge is 2.68. The van der Waals surface area contributed by atoms with Crippen molar-refractivity contribution in [2.45, 2.75) is 83.6 Å². The van der Waals surface area contributed by atoms with Crippen LogP contribution in [-0.4, -0.2) is 34.0 Å². The van der Waals surface area contributed by atoms with Crippen molar-refractivity contribution in [3.05, 3.63) is 101 Å². The lowest BCUT2D eigenvalue weighted by Gasteiger charge is -2.53. The zero-order valence-electron chi connectivity index (χ0n) is 26.7. The molecule has 6 nitrogen and oxygen atoms in total. The molecule has 0 bridgehead atoms. The largest absolute Gasteiger partial charge is 0.489 e. The van der Waals surface area contributed by atoms with Crippen molar-refractivity contribution < 1.29 is 14.2 Å². The Labute approximate surface area is 267 Å². The number of rotatable bonds is 8. The van der Waals surface area contributed by atoms with Crippen LogP contribution in [0.5, 0.6) is 5.75 Å². The van der Waals surface area contributed by atoms with Gasteiger partial charge >= 0.3 is 0 Å². The summed E-state index contributed by atoms with van der Waals surface area (Å²) in [6.45, 7) is 7.55. The Morgan fingerprint density at radius 1 is 0.978 bits per heavy atom. The number of nitrogens with zero attached hydrogens (tertiary/aromatic N) is 3. The van der Waals surface area contributed by atoms with Crippen molar-refractivity contribution in [2.75, 3.05) is 13.2 Å². The summed E-state index contributed by atoms with van der Waals surface area (Å²) in [5.41, 5.74) is 7.62. The van der Waals surface area contributed by atoms with Crippen LogP contribution in [0.1, 0.15) is 73.6 Å². The lowest BCUT2D eigenvalue weighted by molar-refractivity contribution is -0.237. The number of hydrogen-bond donors (Lipinski definition) is 0. The number of aromatic nitrogens is 3. The van der Waals surface area contributed by atoms with Crippen LogP contribution in [0.15, 0.2) is 79.0 Å². The topological polar surface area (TPSA) is 58.4 Å². The van der Waals surface area contributed by atoms with Crippen LogP contribution >= 0.6 is 0 Å². The fourth-order valence-corrected chi connectivity index (χ4v) is 9.62. The second kappa shape index (κ2) is 11.7. The van der Waals surface area contributed by atoms with Gasteiger partial charge in [-0.1, -0.05) is 78.4 Å². The zero-order chi connectivity index (χ0) is 30.4. The number of benzene rings is 3. The quantitative estimate of drug-likeness (QED) is 0.204. The molecule has 8 rings (SSSR count). The molecule has 2 saturated carbocycles. The molecular weight excluding hydrogens is 558 g/mol. The van der Waals surface area contributed by atoms with E-state index in [2.05, 4.69) is 103 Å². The molecule has 234 valence electrons. The van der Waals surface area contributed by atoms with E-state index in [0.717, 1.165) is 68.9 Å². The third-order valence-corrected chi connectivity index (χ3v) is 11.7. The molecule has 45 heavy (non-hydrogen) atoms. The minimum atomic E-state index is -0.422. The zero-order valence-corrected chi connectivity index (χ0v) is 26.7. The first-order valence-electron chi connectivity index (χ1n) is 17.1. The maximum Gasteiger partial charge on any atom is 0.174 e. The molecule has 6 heteroatoms. The van der Waals surface area contributed by atoms with Gasteiger partial charge in [0.1, 0.15) is 18.1 Å². The van der Waals surface area contributed by atoms with Crippen molar-refractivity contribution >= 4 is 0 Å². The van der Waals surface area contributed by atoms with Gasteiger partial charge in [-0.2, -0.15) is 0 Å². The van der Waals surface area contributed by atoms with E-state index in [-0.39, 0.29) is 5.41 Å². The summed E-state index contributed by atoms with van der Waals surface area (Å²) >= 11 is 0. The van der Waals surface area contributed by atoms with Gasteiger partial charge in [0.05, 0.1) is 19.4 Å². The molecule has 1 aromatic heterocycles. The van der Waals surface area contributed by atoms with E-state index < -0.39 is 5.79 Å². The van der Waals surface area contributed by atoms with Crippen LogP contribution < -0.4 is 4.74 Å². The first-order valence-corrected chi connectivity index (χ1v) is 17.1. The van der Waals surface area contributed by atoms with E-state index in [0.29, 0.717) is 30.3 Å². The van der Waals surface area contributed by atoms with Gasteiger partial charge in [-0.15, -0.1) is 5.10 Å². The lowest BCUT2D eigenvalue weighted by atomic mass is 9.53. The Morgan fingerprint density at radius 3 is 2.62 bits per heavy atom. The monoisotopic (exact) mass is 603 g/mol. The van der Waals surface area contributed by atoms with Gasteiger partial charge in [0.2, 0.25) is 0 Å². The van der Waals surface area contributed by atoms with Crippen molar-refractivity contribution in [3.63, 3.8) is 0 Å². The summed E-state index contributed by atoms with van der Waals surface area (Å²) in [5.74, 6) is 2.99. The second-order valence-electron chi connectivity index (χ2n) is 14.2. The molecule has 5 unspecified atom stereocenters. The minimum Gasteiger partial charge on any atom is -0.489 e. The van der Waals surface area contributed by atoms with Gasteiger partial charge < -0.3 is 14.2 Å². The van der Waals surface area contributed by atoms with Gasteiger partial charge in [-0.3, -0.25) is 4.68 Å². The fourth-order valence-electron chi connectivity index (χ4n) is 9.62. The summed E-state index contributed by atoms with van der Waals surface area (Å²) in [4.78, 5) is 0. The summed E-state index contributed by atoms with van der Waals surface area (Å²) in [6, 6.07) is 25.9.